The Morgan fingerprint density at radius 2 is 2.12 bits per heavy atom. The van der Waals surface area contributed by atoms with Crippen molar-refractivity contribution in [1.82, 2.24) is 5.32 Å². The van der Waals surface area contributed by atoms with Crippen molar-refractivity contribution in [3.8, 4) is 0 Å². The molecule has 0 spiro atoms. The summed E-state index contributed by atoms with van der Waals surface area (Å²) < 4.78 is 12.6. The SMILES string of the molecule is CCC1CC1NCC(=O)Nc1ccc(F)cc1. The molecule has 0 heterocycles. The van der Waals surface area contributed by atoms with Gasteiger partial charge >= 0.3 is 0 Å². The summed E-state index contributed by atoms with van der Waals surface area (Å²) >= 11 is 0. The zero-order valence-corrected chi connectivity index (χ0v) is 9.87. The van der Waals surface area contributed by atoms with Crippen LogP contribution in [0.1, 0.15) is 19.8 Å². The van der Waals surface area contributed by atoms with Crippen LogP contribution in [0.3, 0.4) is 0 Å². The van der Waals surface area contributed by atoms with Crippen LogP contribution in [0.25, 0.3) is 0 Å². The van der Waals surface area contributed by atoms with Gasteiger partial charge in [0.2, 0.25) is 5.91 Å². The van der Waals surface area contributed by atoms with Crippen molar-refractivity contribution in [1.29, 1.82) is 0 Å². The Morgan fingerprint density at radius 1 is 1.41 bits per heavy atom. The van der Waals surface area contributed by atoms with Crippen LogP contribution >= 0.6 is 0 Å². The van der Waals surface area contributed by atoms with Crippen molar-refractivity contribution in [2.75, 3.05) is 11.9 Å². The molecule has 2 rings (SSSR count). The summed E-state index contributed by atoms with van der Waals surface area (Å²) in [6, 6.07) is 6.27. The molecule has 0 aromatic heterocycles. The Labute approximate surface area is 100 Å². The summed E-state index contributed by atoms with van der Waals surface area (Å²) in [6.45, 7) is 2.48. The van der Waals surface area contributed by atoms with Gasteiger partial charge in [-0.3, -0.25) is 4.79 Å². The molecule has 2 unspecified atom stereocenters. The molecule has 1 saturated carbocycles. The molecule has 2 atom stereocenters. The molecule has 0 radical (unpaired) electrons. The normalized spacial score (nSPS) is 22.2. The topological polar surface area (TPSA) is 41.1 Å². The van der Waals surface area contributed by atoms with Gasteiger partial charge in [0, 0.05) is 11.7 Å². The molecular weight excluding hydrogens is 219 g/mol. The highest BCUT2D eigenvalue weighted by Crippen LogP contribution is 2.32. The number of halogens is 1. The van der Waals surface area contributed by atoms with E-state index in [0.717, 1.165) is 12.3 Å². The summed E-state index contributed by atoms with van der Waals surface area (Å²) in [5.41, 5.74) is 0.626. The predicted octanol–water partition coefficient (Wildman–Crippen LogP) is 2.15. The van der Waals surface area contributed by atoms with Crippen molar-refractivity contribution < 1.29 is 9.18 Å². The summed E-state index contributed by atoms with van der Waals surface area (Å²) in [6.07, 6.45) is 2.33. The van der Waals surface area contributed by atoms with Crippen LogP contribution in [0.2, 0.25) is 0 Å². The third kappa shape index (κ3) is 3.53. The Balaban J connectivity index is 1.72. The largest absolute Gasteiger partial charge is 0.325 e. The quantitative estimate of drug-likeness (QED) is 0.822. The molecule has 4 heteroatoms. The summed E-state index contributed by atoms with van der Waals surface area (Å²) in [7, 11) is 0. The Bertz CT molecular complexity index is 391. The number of rotatable bonds is 5. The second kappa shape index (κ2) is 5.27. The van der Waals surface area contributed by atoms with Crippen molar-refractivity contribution >= 4 is 11.6 Å². The monoisotopic (exact) mass is 236 g/mol. The molecule has 1 aromatic rings. The van der Waals surface area contributed by atoms with Crippen LogP contribution in [0.4, 0.5) is 10.1 Å². The highest BCUT2D eigenvalue weighted by Gasteiger charge is 2.34. The fraction of sp³-hybridized carbons (Fsp3) is 0.462. The van der Waals surface area contributed by atoms with Gasteiger partial charge in [-0.1, -0.05) is 13.3 Å². The lowest BCUT2D eigenvalue weighted by Crippen LogP contribution is -2.30. The van der Waals surface area contributed by atoms with Gasteiger partial charge in [-0.2, -0.15) is 0 Å². The van der Waals surface area contributed by atoms with Crippen LogP contribution in [0, 0.1) is 11.7 Å². The molecule has 0 saturated heterocycles. The minimum Gasteiger partial charge on any atom is -0.325 e. The fourth-order valence-electron chi connectivity index (χ4n) is 1.91. The smallest absolute Gasteiger partial charge is 0.238 e. The number of amides is 1. The Kier molecular flexibility index (Phi) is 3.74. The third-order valence-corrected chi connectivity index (χ3v) is 3.10. The fourth-order valence-corrected chi connectivity index (χ4v) is 1.91. The zero-order chi connectivity index (χ0) is 12.3. The average molecular weight is 236 g/mol. The maximum absolute atomic E-state index is 12.6. The number of benzene rings is 1. The van der Waals surface area contributed by atoms with E-state index in [4.69, 9.17) is 0 Å². The number of carbonyl (C=O) groups excluding carboxylic acids is 1. The molecule has 0 aliphatic heterocycles. The molecular formula is C13H17FN2O. The lowest BCUT2D eigenvalue weighted by Gasteiger charge is -2.06. The average Bonchev–Trinajstić information content (AvgIpc) is 3.08. The van der Waals surface area contributed by atoms with Gasteiger partial charge in [-0.15, -0.1) is 0 Å². The van der Waals surface area contributed by atoms with Gasteiger partial charge in [0.05, 0.1) is 6.54 Å². The number of nitrogens with one attached hydrogen (secondary N) is 2. The summed E-state index contributed by atoms with van der Waals surface area (Å²) in [5.74, 6) is 0.344. The van der Waals surface area contributed by atoms with E-state index in [9.17, 15) is 9.18 Å². The molecule has 1 amide bonds. The van der Waals surface area contributed by atoms with Crippen LogP contribution in [-0.2, 0) is 4.79 Å². The molecule has 1 aliphatic carbocycles. The minimum absolute atomic E-state index is 0.0849. The Morgan fingerprint density at radius 3 is 2.71 bits per heavy atom. The van der Waals surface area contributed by atoms with Gasteiger partial charge in [0.25, 0.3) is 0 Å². The third-order valence-electron chi connectivity index (χ3n) is 3.10. The van der Waals surface area contributed by atoms with Crippen molar-refractivity contribution in [3.05, 3.63) is 30.1 Å². The van der Waals surface area contributed by atoms with Crippen molar-refractivity contribution in [2.45, 2.75) is 25.8 Å². The van der Waals surface area contributed by atoms with Gasteiger partial charge in [0.1, 0.15) is 5.82 Å². The van der Waals surface area contributed by atoms with E-state index >= 15 is 0 Å². The molecule has 17 heavy (non-hydrogen) atoms. The van der Waals surface area contributed by atoms with E-state index in [-0.39, 0.29) is 11.7 Å². The number of carbonyl (C=O) groups is 1. The summed E-state index contributed by atoms with van der Waals surface area (Å²) in [4.78, 5) is 11.6. The van der Waals surface area contributed by atoms with E-state index in [1.807, 2.05) is 0 Å². The van der Waals surface area contributed by atoms with Crippen molar-refractivity contribution in [2.24, 2.45) is 5.92 Å². The molecule has 1 fully saturated rings. The lowest BCUT2D eigenvalue weighted by molar-refractivity contribution is -0.115. The molecule has 2 N–H and O–H groups in total. The second-order valence-electron chi connectivity index (χ2n) is 4.45. The second-order valence-corrected chi connectivity index (χ2v) is 4.45. The minimum atomic E-state index is -0.301. The maximum Gasteiger partial charge on any atom is 0.238 e. The highest BCUT2D eigenvalue weighted by molar-refractivity contribution is 5.92. The molecule has 0 bridgehead atoms. The molecule has 1 aliphatic rings. The first-order valence-corrected chi connectivity index (χ1v) is 5.98. The van der Waals surface area contributed by atoms with Crippen LogP contribution in [0.5, 0.6) is 0 Å². The van der Waals surface area contributed by atoms with Gasteiger partial charge in [-0.25, -0.2) is 4.39 Å². The van der Waals surface area contributed by atoms with E-state index in [0.29, 0.717) is 18.3 Å². The molecule has 92 valence electrons. The first-order chi connectivity index (χ1) is 8.19. The van der Waals surface area contributed by atoms with Gasteiger partial charge in [-0.05, 0) is 36.6 Å². The van der Waals surface area contributed by atoms with E-state index in [1.54, 1.807) is 12.1 Å². The van der Waals surface area contributed by atoms with E-state index in [2.05, 4.69) is 17.6 Å². The van der Waals surface area contributed by atoms with Crippen LogP contribution < -0.4 is 10.6 Å². The maximum atomic E-state index is 12.6. The van der Waals surface area contributed by atoms with Crippen LogP contribution in [0.15, 0.2) is 24.3 Å². The lowest BCUT2D eigenvalue weighted by atomic mass is 10.3. The standard InChI is InChI=1S/C13H17FN2O/c1-2-9-7-12(9)15-8-13(17)16-11-5-3-10(14)4-6-11/h3-6,9,12,15H,2,7-8H2,1H3,(H,16,17). The molecule has 1 aromatic carbocycles. The van der Waals surface area contributed by atoms with Crippen molar-refractivity contribution in [3.63, 3.8) is 0 Å². The number of hydrogen-bond donors (Lipinski definition) is 2. The first-order valence-electron chi connectivity index (χ1n) is 5.98. The van der Waals surface area contributed by atoms with E-state index in [1.165, 1.54) is 18.6 Å². The molecule has 3 nitrogen and oxygen atoms in total. The summed E-state index contributed by atoms with van der Waals surface area (Å²) in [5, 5.41) is 5.92. The first kappa shape index (κ1) is 12.0. The zero-order valence-electron chi connectivity index (χ0n) is 9.87. The Hall–Kier alpha value is -1.42. The van der Waals surface area contributed by atoms with Gasteiger partial charge < -0.3 is 10.6 Å². The number of hydrogen-bond acceptors (Lipinski definition) is 2. The highest BCUT2D eigenvalue weighted by atomic mass is 19.1. The van der Waals surface area contributed by atoms with Gasteiger partial charge in [0.15, 0.2) is 0 Å². The number of anilines is 1. The van der Waals surface area contributed by atoms with E-state index < -0.39 is 0 Å². The van der Waals surface area contributed by atoms with Crippen LogP contribution in [-0.4, -0.2) is 18.5 Å². The predicted molar refractivity (Wildman–Crippen MR) is 65.2 cm³/mol.